The van der Waals surface area contributed by atoms with Gasteiger partial charge in [0.1, 0.15) is 11.5 Å². The van der Waals surface area contributed by atoms with E-state index in [1.807, 2.05) is 6.92 Å². The largest absolute Gasteiger partial charge is 0.508 e. The summed E-state index contributed by atoms with van der Waals surface area (Å²) in [5, 5.41) is 9.40. The summed E-state index contributed by atoms with van der Waals surface area (Å²) in [7, 11) is 0. The Morgan fingerprint density at radius 2 is 2.27 bits per heavy atom. The van der Waals surface area contributed by atoms with Crippen LogP contribution in [-0.4, -0.2) is 11.7 Å². The minimum absolute atomic E-state index is 0.151. The van der Waals surface area contributed by atoms with Gasteiger partial charge >= 0.3 is 0 Å². The standard InChI is InChI=1S/C8H9ClO2/c1-2-11-8-4-3-6(10)5-7(8)9/h3-5,10H,2H2,1H3. The summed E-state index contributed by atoms with van der Waals surface area (Å²) in [5.41, 5.74) is 0. The zero-order valence-electron chi connectivity index (χ0n) is 6.17. The molecular weight excluding hydrogens is 164 g/mol. The van der Waals surface area contributed by atoms with E-state index in [2.05, 4.69) is 0 Å². The topological polar surface area (TPSA) is 29.5 Å². The maximum absolute atomic E-state index is 8.97. The van der Waals surface area contributed by atoms with Crippen LogP contribution in [0.5, 0.6) is 11.5 Å². The van der Waals surface area contributed by atoms with Crippen LogP contribution in [-0.2, 0) is 0 Å². The second kappa shape index (κ2) is 3.49. The normalized spacial score (nSPS) is 9.64. The Balaban J connectivity index is 2.90. The molecule has 0 aliphatic rings. The minimum atomic E-state index is 0.151. The summed E-state index contributed by atoms with van der Waals surface area (Å²) < 4.78 is 5.15. The zero-order valence-corrected chi connectivity index (χ0v) is 6.93. The van der Waals surface area contributed by atoms with Crippen molar-refractivity contribution in [2.24, 2.45) is 0 Å². The molecule has 2 nitrogen and oxygen atoms in total. The summed E-state index contributed by atoms with van der Waals surface area (Å²) in [4.78, 5) is 0. The molecule has 0 saturated heterocycles. The highest BCUT2D eigenvalue weighted by molar-refractivity contribution is 6.32. The van der Waals surface area contributed by atoms with Crippen molar-refractivity contribution < 1.29 is 9.84 Å². The molecule has 1 rings (SSSR count). The number of phenols is 1. The predicted octanol–water partition coefficient (Wildman–Crippen LogP) is 2.44. The van der Waals surface area contributed by atoms with Gasteiger partial charge in [-0.15, -0.1) is 0 Å². The Morgan fingerprint density at radius 3 is 2.82 bits per heavy atom. The Bertz CT molecular complexity index is 248. The van der Waals surface area contributed by atoms with E-state index in [1.54, 1.807) is 6.07 Å². The van der Waals surface area contributed by atoms with Gasteiger partial charge in [-0.05, 0) is 19.1 Å². The Hall–Kier alpha value is -0.890. The molecule has 3 heteroatoms. The van der Waals surface area contributed by atoms with Crippen LogP contribution >= 0.6 is 11.6 Å². The van der Waals surface area contributed by atoms with Gasteiger partial charge in [0.25, 0.3) is 0 Å². The highest BCUT2D eigenvalue weighted by atomic mass is 35.5. The third-order valence-corrected chi connectivity index (χ3v) is 1.51. The molecule has 11 heavy (non-hydrogen) atoms. The highest BCUT2D eigenvalue weighted by Gasteiger charge is 1.99. The molecular formula is C8H9ClO2. The minimum Gasteiger partial charge on any atom is -0.508 e. The third-order valence-electron chi connectivity index (χ3n) is 1.22. The van der Waals surface area contributed by atoms with Gasteiger partial charge in [-0.3, -0.25) is 0 Å². The molecule has 1 aromatic rings. The second-order valence-corrected chi connectivity index (χ2v) is 2.45. The Labute approximate surface area is 70.4 Å². The number of hydrogen-bond acceptors (Lipinski definition) is 2. The van der Waals surface area contributed by atoms with Crippen molar-refractivity contribution in [3.8, 4) is 11.5 Å². The fraction of sp³-hybridized carbons (Fsp3) is 0.250. The third kappa shape index (κ3) is 2.02. The van der Waals surface area contributed by atoms with Gasteiger partial charge in [0.05, 0.1) is 11.6 Å². The number of ether oxygens (including phenoxy) is 1. The summed E-state index contributed by atoms with van der Waals surface area (Å²) in [6, 6.07) is 4.63. The molecule has 0 bridgehead atoms. The van der Waals surface area contributed by atoms with Gasteiger partial charge in [-0.1, -0.05) is 11.6 Å². The molecule has 0 heterocycles. The molecule has 0 aromatic heterocycles. The van der Waals surface area contributed by atoms with Crippen LogP contribution in [0.25, 0.3) is 0 Å². The van der Waals surface area contributed by atoms with Crippen LogP contribution in [0.2, 0.25) is 5.02 Å². The van der Waals surface area contributed by atoms with Crippen molar-refractivity contribution in [1.29, 1.82) is 0 Å². The van der Waals surface area contributed by atoms with E-state index >= 15 is 0 Å². The number of phenolic OH excluding ortho intramolecular Hbond substituents is 1. The van der Waals surface area contributed by atoms with Crippen LogP contribution in [0, 0.1) is 0 Å². The number of rotatable bonds is 2. The quantitative estimate of drug-likeness (QED) is 0.743. The van der Waals surface area contributed by atoms with Gasteiger partial charge in [0.2, 0.25) is 0 Å². The Kier molecular flexibility index (Phi) is 2.60. The maximum Gasteiger partial charge on any atom is 0.138 e. The SMILES string of the molecule is CCOc1ccc(O)cc1Cl. The Morgan fingerprint density at radius 1 is 1.55 bits per heavy atom. The molecule has 0 fully saturated rings. The monoisotopic (exact) mass is 172 g/mol. The molecule has 60 valence electrons. The fourth-order valence-electron chi connectivity index (χ4n) is 0.762. The van der Waals surface area contributed by atoms with Gasteiger partial charge in [-0.25, -0.2) is 0 Å². The number of hydrogen-bond donors (Lipinski definition) is 1. The first-order valence-electron chi connectivity index (χ1n) is 3.35. The maximum atomic E-state index is 8.97. The molecule has 0 saturated carbocycles. The molecule has 0 aliphatic heterocycles. The van der Waals surface area contributed by atoms with Gasteiger partial charge < -0.3 is 9.84 Å². The van der Waals surface area contributed by atoms with E-state index in [0.717, 1.165) is 0 Å². The number of halogens is 1. The van der Waals surface area contributed by atoms with Crippen molar-refractivity contribution in [1.82, 2.24) is 0 Å². The van der Waals surface area contributed by atoms with Crippen molar-refractivity contribution in [3.05, 3.63) is 23.2 Å². The van der Waals surface area contributed by atoms with Crippen LogP contribution in [0.1, 0.15) is 6.92 Å². The summed E-state index contributed by atoms with van der Waals surface area (Å²) in [6.07, 6.45) is 0. The van der Waals surface area contributed by atoms with E-state index in [1.165, 1.54) is 12.1 Å². The van der Waals surface area contributed by atoms with Crippen molar-refractivity contribution in [2.45, 2.75) is 6.92 Å². The lowest BCUT2D eigenvalue weighted by Crippen LogP contribution is -1.91. The first kappa shape index (κ1) is 8.21. The zero-order chi connectivity index (χ0) is 8.27. The van der Waals surface area contributed by atoms with Crippen LogP contribution in [0.3, 0.4) is 0 Å². The van der Waals surface area contributed by atoms with Crippen molar-refractivity contribution in [3.63, 3.8) is 0 Å². The number of benzene rings is 1. The molecule has 0 radical (unpaired) electrons. The van der Waals surface area contributed by atoms with Crippen LogP contribution < -0.4 is 4.74 Å². The highest BCUT2D eigenvalue weighted by Crippen LogP contribution is 2.27. The summed E-state index contributed by atoms with van der Waals surface area (Å²) in [6.45, 7) is 2.45. The van der Waals surface area contributed by atoms with Crippen LogP contribution in [0.4, 0.5) is 0 Å². The molecule has 1 aromatic carbocycles. The van der Waals surface area contributed by atoms with E-state index in [4.69, 9.17) is 21.4 Å². The first-order valence-corrected chi connectivity index (χ1v) is 3.73. The smallest absolute Gasteiger partial charge is 0.138 e. The summed E-state index contributed by atoms with van der Waals surface area (Å²) in [5.74, 6) is 0.755. The van der Waals surface area contributed by atoms with E-state index < -0.39 is 0 Å². The van der Waals surface area contributed by atoms with Gasteiger partial charge in [-0.2, -0.15) is 0 Å². The van der Waals surface area contributed by atoms with Crippen LogP contribution in [0.15, 0.2) is 18.2 Å². The van der Waals surface area contributed by atoms with E-state index in [-0.39, 0.29) is 5.75 Å². The lowest BCUT2D eigenvalue weighted by molar-refractivity contribution is 0.339. The van der Waals surface area contributed by atoms with Crippen molar-refractivity contribution >= 4 is 11.6 Å². The summed E-state index contributed by atoms with van der Waals surface area (Å²) >= 11 is 5.72. The molecule has 1 N–H and O–H groups in total. The molecule has 0 aliphatic carbocycles. The first-order chi connectivity index (χ1) is 5.24. The lowest BCUT2D eigenvalue weighted by atomic mass is 10.3. The number of aromatic hydroxyl groups is 1. The van der Waals surface area contributed by atoms with Gasteiger partial charge in [0.15, 0.2) is 0 Å². The van der Waals surface area contributed by atoms with E-state index in [0.29, 0.717) is 17.4 Å². The second-order valence-electron chi connectivity index (χ2n) is 2.05. The molecule has 0 unspecified atom stereocenters. The average molecular weight is 173 g/mol. The fourth-order valence-corrected chi connectivity index (χ4v) is 0.992. The van der Waals surface area contributed by atoms with Crippen molar-refractivity contribution in [2.75, 3.05) is 6.61 Å². The molecule has 0 atom stereocenters. The van der Waals surface area contributed by atoms with E-state index in [9.17, 15) is 0 Å². The molecule has 0 amide bonds. The molecule has 0 spiro atoms. The predicted molar refractivity (Wildman–Crippen MR) is 44.3 cm³/mol. The lowest BCUT2D eigenvalue weighted by Gasteiger charge is -2.04. The average Bonchev–Trinajstić information content (AvgIpc) is 1.95. The van der Waals surface area contributed by atoms with Gasteiger partial charge in [0, 0.05) is 6.07 Å².